The predicted octanol–water partition coefficient (Wildman–Crippen LogP) is 3.18. The second-order valence-corrected chi connectivity index (χ2v) is 8.41. The third-order valence-electron chi connectivity index (χ3n) is 3.19. The molecule has 5 nitrogen and oxygen atoms in total. The molecule has 0 heterocycles. The molecular weight excluding hydrogens is 416 g/mol. The number of carbonyl (C=O) groups excluding carboxylic acids is 1. The fourth-order valence-corrected chi connectivity index (χ4v) is 3.38. The van der Waals surface area contributed by atoms with Crippen molar-refractivity contribution in [3.05, 3.63) is 63.6 Å². The standard InChI is InChI=1S/C16H16BrClN2O3S/c1-24(22,23)20(15-4-2-3-13(17)9-15)11-16(21)19-10-12-5-7-14(18)8-6-12/h2-9H,10-11H2,1H3,(H,19,21). The van der Waals surface area contributed by atoms with E-state index in [2.05, 4.69) is 21.2 Å². The van der Waals surface area contributed by atoms with Crippen molar-refractivity contribution in [1.82, 2.24) is 5.32 Å². The van der Waals surface area contributed by atoms with Gasteiger partial charge in [0.05, 0.1) is 11.9 Å². The first-order valence-corrected chi connectivity index (χ1v) is 10.0. The summed E-state index contributed by atoms with van der Waals surface area (Å²) in [6.45, 7) is 0.00889. The van der Waals surface area contributed by atoms with Crippen molar-refractivity contribution < 1.29 is 13.2 Å². The highest BCUT2D eigenvalue weighted by Crippen LogP contribution is 2.21. The van der Waals surface area contributed by atoms with Crippen LogP contribution in [0.1, 0.15) is 5.56 Å². The zero-order valence-electron chi connectivity index (χ0n) is 12.9. The van der Waals surface area contributed by atoms with E-state index in [4.69, 9.17) is 11.6 Å². The molecule has 128 valence electrons. The number of halogens is 2. The Hall–Kier alpha value is -1.57. The maximum Gasteiger partial charge on any atom is 0.241 e. The van der Waals surface area contributed by atoms with Crippen molar-refractivity contribution in [1.29, 1.82) is 0 Å². The quantitative estimate of drug-likeness (QED) is 0.764. The van der Waals surface area contributed by atoms with Crippen LogP contribution in [0, 0.1) is 0 Å². The van der Waals surface area contributed by atoms with E-state index in [1.807, 2.05) is 0 Å². The van der Waals surface area contributed by atoms with Crippen molar-refractivity contribution in [2.45, 2.75) is 6.54 Å². The van der Waals surface area contributed by atoms with Gasteiger partial charge in [0.2, 0.25) is 15.9 Å². The van der Waals surface area contributed by atoms with Gasteiger partial charge in [-0.1, -0.05) is 45.7 Å². The van der Waals surface area contributed by atoms with Crippen LogP contribution in [0.4, 0.5) is 5.69 Å². The predicted molar refractivity (Wildman–Crippen MR) is 99.6 cm³/mol. The maximum atomic E-state index is 12.1. The summed E-state index contributed by atoms with van der Waals surface area (Å²) in [6, 6.07) is 13.8. The molecule has 2 rings (SSSR count). The minimum Gasteiger partial charge on any atom is -0.350 e. The Morgan fingerprint density at radius 3 is 2.46 bits per heavy atom. The van der Waals surface area contributed by atoms with Crippen molar-refractivity contribution >= 4 is 49.1 Å². The molecule has 8 heteroatoms. The Morgan fingerprint density at radius 1 is 1.21 bits per heavy atom. The molecule has 0 unspecified atom stereocenters. The number of rotatable bonds is 6. The van der Waals surface area contributed by atoms with Crippen LogP contribution in [-0.2, 0) is 21.4 Å². The molecule has 0 atom stereocenters. The van der Waals surface area contributed by atoms with Gasteiger partial charge in [-0.3, -0.25) is 9.10 Å². The van der Waals surface area contributed by atoms with Gasteiger partial charge in [0.1, 0.15) is 6.54 Å². The number of nitrogens with zero attached hydrogens (tertiary/aromatic N) is 1. The van der Waals surface area contributed by atoms with Crippen molar-refractivity contribution in [3.8, 4) is 0 Å². The number of nitrogens with one attached hydrogen (secondary N) is 1. The van der Waals surface area contributed by atoms with E-state index in [-0.39, 0.29) is 6.54 Å². The summed E-state index contributed by atoms with van der Waals surface area (Å²) in [5, 5.41) is 3.32. The lowest BCUT2D eigenvalue weighted by Crippen LogP contribution is -2.40. The van der Waals surface area contributed by atoms with Gasteiger partial charge in [0.25, 0.3) is 0 Å². The van der Waals surface area contributed by atoms with Crippen LogP contribution in [-0.4, -0.2) is 27.1 Å². The third-order valence-corrected chi connectivity index (χ3v) is 5.07. The topological polar surface area (TPSA) is 66.5 Å². The Kier molecular flexibility index (Phi) is 6.26. The summed E-state index contributed by atoms with van der Waals surface area (Å²) < 4.78 is 25.8. The molecule has 0 bridgehead atoms. The highest BCUT2D eigenvalue weighted by molar-refractivity contribution is 9.10. The maximum absolute atomic E-state index is 12.1. The second kappa shape index (κ2) is 8.00. The van der Waals surface area contributed by atoms with Crippen LogP contribution >= 0.6 is 27.5 Å². The Bertz CT molecular complexity index is 825. The van der Waals surface area contributed by atoms with E-state index in [9.17, 15) is 13.2 Å². The largest absolute Gasteiger partial charge is 0.350 e. The minimum absolute atomic E-state index is 0.289. The Morgan fingerprint density at radius 2 is 1.88 bits per heavy atom. The Labute approximate surface area is 154 Å². The fraction of sp³-hybridized carbons (Fsp3) is 0.188. The number of carbonyl (C=O) groups is 1. The number of hydrogen-bond donors (Lipinski definition) is 1. The van der Waals surface area contributed by atoms with Crippen molar-refractivity contribution in [2.75, 3.05) is 17.1 Å². The van der Waals surface area contributed by atoms with Gasteiger partial charge >= 0.3 is 0 Å². The molecule has 0 saturated carbocycles. The summed E-state index contributed by atoms with van der Waals surface area (Å²) >= 11 is 9.11. The SMILES string of the molecule is CS(=O)(=O)N(CC(=O)NCc1ccc(Cl)cc1)c1cccc(Br)c1. The van der Waals surface area contributed by atoms with Gasteiger partial charge in [-0.05, 0) is 35.9 Å². The highest BCUT2D eigenvalue weighted by atomic mass is 79.9. The van der Waals surface area contributed by atoms with Crippen LogP contribution in [0.25, 0.3) is 0 Å². The molecule has 0 aliphatic carbocycles. The van der Waals surface area contributed by atoms with Gasteiger partial charge in [-0.15, -0.1) is 0 Å². The summed E-state index contributed by atoms with van der Waals surface area (Å²) in [6.07, 6.45) is 1.07. The van der Waals surface area contributed by atoms with E-state index in [0.29, 0.717) is 17.3 Å². The van der Waals surface area contributed by atoms with Crippen LogP contribution < -0.4 is 9.62 Å². The summed E-state index contributed by atoms with van der Waals surface area (Å²) in [5.74, 6) is -0.393. The molecule has 2 aromatic rings. The molecule has 24 heavy (non-hydrogen) atoms. The highest BCUT2D eigenvalue weighted by Gasteiger charge is 2.20. The van der Waals surface area contributed by atoms with E-state index < -0.39 is 15.9 Å². The average molecular weight is 432 g/mol. The van der Waals surface area contributed by atoms with Gasteiger partial charge < -0.3 is 5.32 Å². The molecule has 0 saturated heterocycles. The average Bonchev–Trinajstić information content (AvgIpc) is 2.51. The van der Waals surface area contributed by atoms with Crippen LogP contribution in [0.2, 0.25) is 5.02 Å². The summed E-state index contributed by atoms with van der Waals surface area (Å²) in [5.41, 5.74) is 1.30. The summed E-state index contributed by atoms with van der Waals surface area (Å²) in [7, 11) is -3.58. The van der Waals surface area contributed by atoms with Gasteiger partial charge in [0.15, 0.2) is 0 Å². The van der Waals surface area contributed by atoms with E-state index in [1.165, 1.54) is 0 Å². The normalized spacial score (nSPS) is 11.1. The smallest absolute Gasteiger partial charge is 0.241 e. The van der Waals surface area contributed by atoms with E-state index in [1.54, 1.807) is 48.5 Å². The zero-order chi connectivity index (χ0) is 17.7. The molecule has 0 radical (unpaired) electrons. The zero-order valence-corrected chi connectivity index (χ0v) is 16.0. The number of hydrogen-bond acceptors (Lipinski definition) is 3. The molecule has 0 fully saturated rings. The molecule has 1 amide bonds. The first-order valence-electron chi connectivity index (χ1n) is 7.00. The molecule has 2 aromatic carbocycles. The lowest BCUT2D eigenvalue weighted by molar-refractivity contribution is -0.119. The third kappa shape index (κ3) is 5.51. The molecule has 0 aromatic heterocycles. The molecule has 1 N–H and O–H groups in total. The summed E-state index contributed by atoms with van der Waals surface area (Å²) in [4.78, 5) is 12.1. The van der Waals surface area contributed by atoms with Crippen LogP contribution in [0.3, 0.4) is 0 Å². The van der Waals surface area contributed by atoms with Crippen LogP contribution in [0.15, 0.2) is 53.0 Å². The van der Waals surface area contributed by atoms with Gasteiger partial charge in [-0.2, -0.15) is 0 Å². The lowest BCUT2D eigenvalue weighted by atomic mass is 10.2. The van der Waals surface area contributed by atoms with Crippen molar-refractivity contribution in [2.24, 2.45) is 0 Å². The number of anilines is 1. The first-order chi connectivity index (χ1) is 11.3. The Balaban J connectivity index is 2.06. The fourth-order valence-electron chi connectivity index (χ4n) is 2.02. The molecular formula is C16H16BrClN2O3S. The molecule has 0 aliphatic rings. The van der Waals surface area contributed by atoms with E-state index >= 15 is 0 Å². The second-order valence-electron chi connectivity index (χ2n) is 5.15. The first kappa shape index (κ1) is 18.8. The number of benzene rings is 2. The molecule has 0 aliphatic heterocycles. The molecule has 0 spiro atoms. The minimum atomic E-state index is -3.58. The monoisotopic (exact) mass is 430 g/mol. The lowest BCUT2D eigenvalue weighted by Gasteiger charge is -2.22. The van der Waals surface area contributed by atoms with Crippen molar-refractivity contribution in [3.63, 3.8) is 0 Å². The van der Waals surface area contributed by atoms with E-state index in [0.717, 1.165) is 20.6 Å². The van der Waals surface area contributed by atoms with Gasteiger partial charge in [0, 0.05) is 16.0 Å². The number of amides is 1. The number of sulfonamides is 1. The van der Waals surface area contributed by atoms with Gasteiger partial charge in [-0.25, -0.2) is 8.42 Å². The van der Waals surface area contributed by atoms with Crippen LogP contribution in [0.5, 0.6) is 0 Å².